The molecule has 17 heavy (non-hydrogen) atoms. The normalized spacial score (nSPS) is 19.0. The van der Waals surface area contributed by atoms with E-state index >= 15 is 0 Å². The Balaban J connectivity index is 2.25. The van der Waals surface area contributed by atoms with Crippen LogP contribution in [0.15, 0.2) is 18.2 Å². The van der Waals surface area contributed by atoms with E-state index in [-0.39, 0.29) is 5.82 Å². The average molecular weight is 237 g/mol. The van der Waals surface area contributed by atoms with Gasteiger partial charge in [0.25, 0.3) is 0 Å². The minimum atomic E-state index is -0.479. The molecule has 0 heterocycles. The lowest BCUT2D eigenvalue weighted by Gasteiger charge is -2.34. The first-order valence-corrected chi connectivity index (χ1v) is 6.37. The molecule has 1 aliphatic carbocycles. The van der Waals surface area contributed by atoms with Crippen molar-refractivity contribution in [2.75, 3.05) is 6.61 Å². The van der Waals surface area contributed by atoms with Crippen LogP contribution in [0.5, 0.6) is 5.75 Å². The van der Waals surface area contributed by atoms with Crippen LogP contribution in [-0.2, 0) is 5.54 Å². The molecule has 0 unspecified atom stereocenters. The van der Waals surface area contributed by atoms with Gasteiger partial charge < -0.3 is 10.5 Å². The Morgan fingerprint density at radius 1 is 1.29 bits per heavy atom. The summed E-state index contributed by atoms with van der Waals surface area (Å²) in [5.74, 6) is 0.341. The lowest BCUT2D eigenvalue weighted by Crippen LogP contribution is -2.39. The molecule has 1 saturated carbocycles. The van der Waals surface area contributed by atoms with Gasteiger partial charge in [-0.25, -0.2) is 4.39 Å². The summed E-state index contributed by atoms with van der Waals surface area (Å²) >= 11 is 0. The molecular weight excluding hydrogens is 217 g/mol. The van der Waals surface area contributed by atoms with Crippen LogP contribution in [0, 0.1) is 5.82 Å². The van der Waals surface area contributed by atoms with Crippen LogP contribution >= 0.6 is 0 Å². The number of nitrogens with two attached hydrogens (primary N) is 1. The van der Waals surface area contributed by atoms with E-state index < -0.39 is 5.54 Å². The summed E-state index contributed by atoms with van der Waals surface area (Å²) in [6, 6.07) is 5.04. The van der Waals surface area contributed by atoms with E-state index in [1.165, 1.54) is 12.5 Å². The predicted molar refractivity (Wildman–Crippen MR) is 66.5 cm³/mol. The monoisotopic (exact) mass is 237 g/mol. The second kappa shape index (κ2) is 5.05. The highest BCUT2D eigenvalue weighted by atomic mass is 19.1. The Kier molecular flexibility index (Phi) is 3.67. The smallest absolute Gasteiger partial charge is 0.131 e. The summed E-state index contributed by atoms with van der Waals surface area (Å²) in [5.41, 5.74) is 6.48. The van der Waals surface area contributed by atoms with Gasteiger partial charge in [0.2, 0.25) is 0 Å². The Labute approximate surface area is 102 Å². The third kappa shape index (κ3) is 2.60. The Morgan fingerprint density at radius 3 is 2.59 bits per heavy atom. The molecule has 1 aliphatic rings. The highest BCUT2D eigenvalue weighted by Crippen LogP contribution is 2.36. The van der Waals surface area contributed by atoms with Crippen molar-refractivity contribution >= 4 is 0 Å². The molecule has 0 bridgehead atoms. The highest BCUT2D eigenvalue weighted by molar-refractivity contribution is 5.33. The van der Waals surface area contributed by atoms with Crippen LogP contribution in [0.3, 0.4) is 0 Å². The van der Waals surface area contributed by atoms with Crippen LogP contribution < -0.4 is 10.5 Å². The maximum Gasteiger partial charge on any atom is 0.131 e. The number of hydrogen-bond donors (Lipinski definition) is 1. The van der Waals surface area contributed by atoms with Gasteiger partial charge >= 0.3 is 0 Å². The van der Waals surface area contributed by atoms with Crippen molar-refractivity contribution < 1.29 is 9.13 Å². The molecule has 0 aromatic heterocycles. The predicted octanol–water partition coefficient (Wildman–Crippen LogP) is 3.34. The minimum Gasteiger partial charge on any atom is -0.494 e. The molecule has 0 saturated heterocycles. The van der Waals surface area contributed by atoms with Gasteiger partial charge in [0.1, 0.15) is 11.6 Å². The third-order valence-corrected chi connectivity index (χ3v) is 3.53. The van der Waals surface area contributed by atoms with Crippen molar-refractivity contribution in [1.82, 2.24) is 0 Å². The fourth-order valence-electron chi connectivity index (χ4n) is 2.61. The molecule has 1 aromatic rings. The summed E-state index contributed by atoms with van der Waals surface area (Å²) in [5, 5.41) is 0. The SMILES string of the molecule is CCOc1ccc(C2(N)CCCCC2)c(F)c1. The summed E-state index contributed by atoms with van der Waals surface area (Å²) in [6.07, 6.45) is 5.12. The summed E-state index contributed by atoms with van der Waals surface area (Å²) in [4.78, 5) is 0. The molecule has 2 N–H and O–H groups in total. The maximum absolute atomic E-state index is 14.0. The van der Waals surface area contributed by atoms with Crippen molar-refractivity contribution in [3.05, 3.63) is 29.6 Å². The van der Waals surface area contributed by atoms with Gasteiger partial charge in [-0.15, -0.1) is 0 Å². The molecule has 2 rings (SSSR count). The topological polar surface area (TPSA) is 35.2 Å². The second-order valence-electron chi connectivity index (χ2n) is 4.79. The van der Waals surface area contributed by atoms with E-state index in [4.69, 9.17) is 10.5 Å². The van der Waals surface area contributed by atoms with Crippen LogP contribution in [0.4, 0.5) is 4.39 Å². The van der Waals surface area contributed by atoms with Crippen LogP contribution in [-0.4, -0.2) is 6.61 Å². The van der Waals surface area contributed by atoms with Crippen molar-refractivity contribution in [2.45, 2.75) is 44.6 Å². The van der Waals surface area contributed by atoms with Gasteiger partial charge in [0.05, 0.1) is 6.61 Å². The molecule has 0 amide bonds. The standard InChI is InChI=1S/C14H20FNO/c1-2-17-11-6-7-12(13(15)10-11)14(16)8-4-3-5-9-14/h6-7,10H,2-5,8-9,16H2,1H3. The lowest BCUT2D eigenvalue weighted by molar-refractivity contribution is 0.291. The van der Waals surface area contributed by atoms with Crippen LogP contribution in [0.2, 0.25) is 0 Å². The van der Waals surface area contributed by atoms with Crippen molar-refractivity contribution in [3.63, 3.8) is 0 Å². The molecule has 0 atom stereocenters. The number of rotatable bonds is 3. The highest BCUT2D eigenvalue weighted by Gasteiger charge is 2.31. The first-order chi connectivity index (χ1) is 8.15. The molecule has 0 aliphatic heterocycles. The molecule has 0 spiro atoms. The zero-order valence-corrected chi connectivity index (χ0v) is 10.3. The van der Waals surface area contributed by atoms with Gasteiger partial charge in [-0.3, -0.25) is 0 Å². The fourth-order valence-corrected chi connectivity index (χ4v) is 2.61. The number of benzene rings is 1. The number of halogens is 1. The van der Waals surface area contributed by atoms with Crippen molar-refractivity contribution in [3.8, 4) is 5.75 Å². The Hall–Kier alpha value is -1.09. The van der Waals surface area contributed by atoms with Crippen LogP contribution in [0.25, 0.3) is 0 Å². The largest absolute Gasteiger partial charge is 0.494 e. The van der Waals surface area contributed by atoms with Gasteiger partial charge in [-0.05, 0) is 25.8 Å². The van der Waals surface area contributed by atoms with Crippen LogP contribution in [0.1, 0.15) is 44.6 Å². The average Bonchev–Trinajstić information content (AvgIpc) is 2.30. The molecule has 3 heteroatoms. The molecule has 94 valence electrons. The van der Waals surface area contributed by atoms with E-state index in [1.807, 2.05) is 13.0 Å². The maximum atomic E-state index is 14.0. The fraction of sp³-hybridized carbons (Fsp3) is 0.571. The van der Waals surface area contributed by atoms with E-state index in [0.717, 1.165) is 25.7 Å². The summed E-state index contributed by atoms with van der Waals surface area (Å²) in [7, 11) is 0. The second-order valence-corrected chi connectivity index (χ2v) is 4.79. The molecular formula is C14H20FNO. The number of hydrogen-bond acceptors (Lipinski definition) is 2. The zero-order chi connectivity index (χ0) is 12.3. The minimum absolute atomic E-state index is 0.236. The third-order valence-electron chi connectivity index (χ3n) is 3.53. The quantitative estimate of drug-likeness (QED) is 0.875. The van der Waals surface area contributed by atoms with Gasteiger partial charge in [-0.2, -0.15) is 0 Å². The van der Waals surface area contributed by atoms with E-state index in [2.05, 4.69) is 0 Å². The first kappa shape index (κ1) is 12.4. The van der Waals surface area contributed by atoms with Crippen molar-refractivity contribution in [2.24, 2.45) is 5.73 Å². The zero-order valence-electron chi connectivity index (χ0n) is 10.3. The summed E-state index contributed by atoms with van der Waals surface area (Å²) < 4.78 is 19.3. The molecule has 2 nitrogen and oxygen atoms in total. The van der Waals surface area contributed by atoms with Gasteiger partial charge in [0, 0.05) is 17.2 Å². The molecule has 1 aromatic carbocycles. The van der Waals surface area contributed by atoms with E-state index in [9.17, 15) is 4.39 Å². The lowest BCUT2D eigenvalue weighted by atomic mass is 9.77. The number of ether oxygens (including phenoxy) is 1. The van der Waals surface area contributed by atoms with E-state index in [1.54, 1.807) is 6.07 Å². The molecule has 0 radical (unpaired) electrons. The van der Waals surface area contributed by atoms with Gasteiger partial charge in [-0.1, -0.05) is 25.3 Å². The summed E-state index contributed by atoms with van der Waals surface area (Å²) in [6.45, 7) is 2.43. The Morgan fingerprint density at radius 2 is 2.00 bits per heavy atom. The van der Waals surface area contributed by atoms with E-state index in [0.29, 0.717) is 17.9 Å². The van der Waals surface area contributed by atoms with Crippen molar-refractivity contribution in [1.29, 1.82) is 0 Å². The molecule has 1 fully saturated rings. The van der Waals surface area contributed by atoms with Gasteiger partial charge in [0.15, 0.2) is 0 Å². The Bertz CT molecular complexity index is 386. The first-order valence-electron chi connectivity index (χ1n) is 6.37.